The van der Waals surface area contributed by atoms with Gasteiger partial charge in [-0.15, -0.1) is 0 Å². The van der Waals surface area contributed by atoms with Crippen molar-refractivity contribution in [1.29, 1.82) is 0 Å². The summed E-state index contributed by atoms with van der Waals surface area (Å²) in [5.41, 5.74) is 5.75. The fourth-order valence-corrected chi connectivity index (χ4v) is 3.73. The molecule has 0 saturated heterocycles. The summed E-state index contributed by atoms with van der Waals surface area (Å²) in [4.78, 5) is 24.0. The van der Waals surface area contributed by atoms with Crippen molar-refractivity contribution in [3.05, 3.63) is 94.8 Å². The summed E-state index contributed by atoms with van der Waals surface area (Å²) in [6, 6.07) is 16.7. The smallest absolute Gasteiger partial charge is 0.269 e. The van der Waals surface area contributed by atoms with Crippen molar-refractivity contribution >= 4 is 39.1 Å². The maximum atomic E-state index is 13.0. The Bertz CT molecular complexity index is 1180. The van der Waals surface area contributed by atoms with Gasteiger partial charge < -0.3 is 0 Å². The third-order valence-electron chi connectivity index (χ3n) is 4.12. The Morgan fingerprint density at radius 2 is 1.45 bits per heavy atom. The number of amides is 2. The van der Waals surface area contributed by atoms with Crippen molar-refractivity contribution in [3.63, 3.8) is 0 Å². The van der Waals surface area contributed by atoms with Gasteiger partial charge in [-0.05, 0) is 66.2 Å². The minimum Gasteiger partial charge on any atom is -0.280 e. The van der Waals surface area contributed by atoms with Gasteiger partial charge in [0, 0.05) is 16.3 Å². The summed E-state index contributed by atoms with van der Waals surface area (Å²) in [6.45, 7) is 0. The molecule has 2 amide bonds. The van der Waals surface area contributed by atoms with E-state index in [1.807, 2.05) is 0 Å². The Morgan fingerprint density at radius 3 is 2.06 bits per heavy atom. The van der Waals surface area contributed by atoms with Crippen LogP contribution in [0, 0.1) is 5.82 Å². The number of carbonyl (C=O) groups excluding carboxylic acids is 2. The molecular weight excluding hydrogens is 445 g/mol. The average molecular weight is 462 g/mol. The normalized spacial score (nSPS) is 10.9. The van der Waals surface area contributed by atoms with Crippen LogP contribution in [0.15, 0.2) is 77.7 Å². The van der Waals surface area contributed by atoms with Gasteiger partial charge in [0.15, 0.2) is 0 Å². The van der Waals surface area contributed by atoms with E-state index in [2.05, 4.69) is 15.6 Å². The fraction of sp³-hybridized carbons (Fsp3) is 0.0476. The zero-order valence-electron chi connectivity index (χ0n) is 15.9. The zero-order chi connectivity index (χ0) is 22.4. The Balaban J connectivity index is 1.55. The van der Waals surface area contributed by atoms with Crippen LogP contribution in [0.1, 0.15) is 15.9 Å². The highest BCUT2D eigenvalue weighted by Gasteiger charge is 2.15. The molecule has 0 unspecified atom stereocenters. The number of sulfonamides is 1. The van der Waals surface area contributed by atoms with E-state index in [1.54, 1.807) is 24.3 Å². The van der Waals surface area contributed by atoms with E-state index in [0.29, 0.717) is 5.02 Å². The summed E-state index contributed by atoms with van der Waals surface area (Å²) in [5, 5.41) is 0.556. The Kier molecular flexibility index (Phi) is 6.88. The highest BCUT2D eigenvalue weighted by atomic mass is 35.5. The first-order valence-corrected chi connectivity index (χ1v) is 10.8. The maximum Gasteiger partial charge on any atom is 0.269 e. The first kappa shape index (κ1) is 22.3. The molecule has 0 aromatic heterocycles. The van der Waals surface area contributed by atoms with Crippen molar-refractivity contribution in [2.24, 2.45) is 0 Å². The zero-order valence-corrected chi connectivity index (χ0v) is 17.5. The summed E-state index contributed by atoms with van der Waals surface area (Å²) >= 11 is 5.79. The second-order valence-electron chi connectivity index (χ2n) is 6.44. The lowest BCUT2D eigenvalue weighted by atomic mass is 10.1. The molecule has 160 valence electrons. The highest BCUT2D eigenvalue weighted by molar-refractivity contribution is 7.92. The van der Waals surface area contributed by atoms with Gasteiger partial charge in [-0.2, -0.15) is 0 Å². The molecule has 3 aromatic carbocycles. The largest absolute Gasteiger partial charge is 0.280 e. The molecule has 0 fully saturated rings. The van der Waals surface area contributed by atoms with Gasteiger partial charge >= 0.3 is 0 Å². The molecule has 0 spiro atoms. The monoisotopic (exact) mass is 461 g/mol. The molecule has 0 heterocycles. The lowest BCUT2D eigenvalue weighted by Gasteiger charge is -2.10. The summed E-state index contributed by atoms with van der Waals surface area (Å²) in [6.07, 6.45) is 0.0571. The molecule has 0 saturated carbocycles. The second kappa shape index (κ2) is 9.59. The van der Waals surface area contributed by atoms with Crippen LogP contribution in [0.4, 0.5) is 10.1 Å². The third-order valence-corrected chi connectivity index (χ3v) is 5.77. The number of halogens is 2. The van der Waals surface area contributed by atoms with Gasteiger partial charge in [-0.25, -0.2) is 12.8 Å². The van der Waals surface area contributed by atoms with E-state index < -0.39 is 27.7 Å². The van der Waals surface area contributed by atoms with Crippen molar-refractivity contribution in [3.8, 4) is 0 Å². The third kappa shape index (κ3) is 6.27. The first-order chi connectivity index (χ1) is 14.7. The van der Waals surface area contributed by atoms with E-state index in [4.69, 9.17) is 11.6 Å². The SMILES string of the molecule is O=C(Cc1ccc(Cl)cc1)NNC(=O)c1ccc(NS(=O)(=O)c2ccc(F)cc2)cc1. The summed E-state index contributed by atoms with van der Waals surface area (Å²) in [7, 11) is -3.90. The minimum atomic E-state index is -3.90. The van der Waals surface area contributed by atoms with Crippen LogP contribution in [0.25, 0.3) is 0 Å². The number of benzene rings is 3. The topological polar surface area (TPSA) is 104 Å². The molecular formula is C21H17ClFN3O4S. The predicted octanol–water partition coefficient (Wildman–Crippen LogP) is 3.28. The number of hydrogen-bond donors (Lipinski definition) is 3. The van der Waals surface area contributed by atoms with Crippen LogP contribution >= 0.6 is 11.6 Å². The average Bonchev–Trinajstić information content (AvgIpc) is 2.74. The van der Waals surface area contributed by atoms with Gasteiger partial charge in [0.1, 0.15) is 5.82 Å². The van der Waals surface area contributed by atoms with Crippen LogP contribution in [-0.2, 0) is 21.2 Å². The fourth-order valence-electron chi connectivity index (χ4n) is 2.55. The molecule has 31 heavy (non-hydrogen) atoms. The van der Waals surface area contributed by atoms with Gasteiger partial charge in [0.25, 0.3) is 15.9 Å². The molecule has 0 radical (unpaired) electrons. The quantitative estimate of drug-likeness (QED) is 0.490. The first-order valence-electron chi connectivity index (χ1n) is 8.95. The number of rotatable bonds is 6. The van der Waals surface area contributed by atoms with Crippen LogP contribution in [0.2, 0.25) is 5.02 Å². The van der Waals surface area contributed by atoms with E-state index in [9.17, 15) is 22.4 Å². The van der Waals surface area contributed by atoms with Crippen LogP contribution in [0.5, 0.6) is 0 Å². The molecule has 0 aliphatic rings. The van der Waals surface area contributed by atoms with Crippen molar-refractivity contribution in [1.82, 2.24) is 10.9 Å². The molecule has 0 aliphatic carbocycles. The van der Waals surface area contributed by atoms with Gasteiger partial charge in [-0.3, -0.25) is 25.2 Å². The number of hydrazine groups is 1. The number of hydrogen-bond acceptors (Lipinski definition) is 4. The molecule has 3 rings (SSSR count). The van der Waals surface area contributed by atoms with Crippen LogP contribution in [-0.4, -0.2) is 20.2 Å². The lowest BCUT2D eigenvalue weighted by molar-refractivity contribution is -0.121. The van der Waals surface area contributed by atoms with Gasteiger partial charge in [0.05, 0.1) is 11.3 Å². The highest BCUT2D eigenvalue weighted by Crippen LogP contribution is 2.17. The van der Waals surface area contributed by atoms with Crippen molar-refractivity contribution < 1.29 is 22.4 Å². The predicted molar refractivity (Wildman–Crippen MR) is 114 cm³/mol. The number of nitrogens with one attached hydrogen (secondary N) is 3. The van der Waals surface area contributed by atoms with Crippen LogP contribution in [0.3, 0.4) is 0 Å². The van der Waals surface area contributed by atoms with E-state index in [0.717, 1.165) is 29.8 Å². The number of anilines is 1. The standard InChI is InChI=1S/C21H17ClFN3O4S/c22-16-5-1-14(2-6-16)13-20(27)24-25-21(28)15-3-9-18(10-4-15)26-31(29,30)19-11-7-17(23)8-12-19/h1-12,26H,13H2,(H,24,27)(H,25,28). The van der Waals surface area contributed by atoms with Gasteiger partial charge in [-0.1, -0.05) is 23.7 Å². The number of carbonyl (C=O) groups is 2. The molecule has 7 nitrogen and oxygen atoms in total. The minimum absolute atomic E-state index is 0.0571. The van der Waals surface area contributed by atoms with E-state index in [-0.39, 0.29) is 22.6 Å². The Hall–Kier alpha value is -3.43. The molecule has 3 aromatic rings. The Morgan fingerprint density at radius 1 is 0.839 bits per heavy atom. The second-order valence-corrected chi connectivity index (χ2v) is 8.56. The molecule has 0 bridgehead atoms. The summed E-state index contributed by atoms with van der Waals surface area (Å²) < 4.78 is 39.9. The lowest BCUT2D eigenvalue weighted by Crippen LogP contribution is -2.42. The van der Waals surface area contributed by atoms with Crippen molar-refractivity contribution in [2.75, 3.05) is 4.72 Å². The van der Waals surface area contributed by atoms with E-state index >= 15 is 0 Å². The van der Waals surface area contributed by atoms with E-state index in [1.165, 1.54) is 24.3 Å². The molecule has 0 atom stereocenters. The molecule has 0 aliphatic heterocycles. The van der Waals surface area contributed by atoms with Crippen molar-refractivity contribution in [2.45, 2.75) is 11.3 Å². The maximum absolute atomic E-state index is 13.0. The Labute approximate surface area is 183 Å². The van der Waals surface area contributed by atoms with Crippen LogP contribution < -0.4 is 15.6 Å². The molecule has 10 heteroatoms. The van der Waals surface area contributed by atoms with Gasteiger partial charge in [0.2, 0.25) is 5.91 Å². The molecule has 3 N–H and O–H groups in total. The summed E-state index contributed by atoms with van der Waals surface area (Å²) in [5.74, 6) is -1.54.